The van der Waals surface area contributed by atoms with Gasteiger partial charge < -0.3 is 9.47 Å². The van der Waals surface area contributed by atoms with Gasteiger partial charge in [0.1, 0.15) is 5.75 Å². The van der Waals surface area contributed by atoms with E-state index in [1.807, 2.05) is 0 Å². The van der Waals surface area contributed by atoms with Crippen LogP contribution in [-0.2, 0) is 9.53 Å². The van der Waals surface area contributed by atoms with Crippen LogP contribution in [0.5, 0.6) is 5.75 Å². The molecule has 0 radical (unpaired) electrons. The van der Waals surface area contributed by atoms with Gasteiger partial charge in [-0.1, -0.05) is 18.2 Å². The third-order valence-corrected chi connectivity index (χ3v) is 2.18. The molecular weight excluding hydrogens is 261 g/mol. The molecule has 0 aliphatic heterocycles. The summed E-state index contributed by atoms with van der Waals surface area (Å²) in [7, 11) is 0. The number of hydrogen-bond donors (Lipinski definition) is 0. The molecule has 6 heteroatoms. The Morgan fingerprint density at radius 3 is 2.26 bits per heavy atom. The van der Waals surface area contributed by atoms with Gasteiger partial charge in [-0.3, -0.25) is 0 Å². The summed E-state index contributed by atoms with van der Waals surface area (Å²) in [4.78, 5) is 11.6. The maximum absolute atomic E-state index is 12.0. The molecule has 1 rings (SSSR count). The number of carbonyl (C=O) groups is 1. The lowest BCUT2D eigenvalue weighted by Crippen LogP contribution is -2.17. The van der Waals surface area contributed by atoms with E-state index in [9.17, 15) is 18.0 Å². The molecule has 0 saturated heterocycles. The number of allylic oxidation sites excluding steroid dienone is 1. The van der Waals surface area contributed by atoms with Crippen molar-refractivity contribution in [2.45, 2.75) is 20.2 Å². The molecule has 0 aromatic heterocycles. The van der Waals surface area contributed by atoms with E-state index < -0.39 is 12.3 Å². The van der Waals surface area contributed by atoms with Crippen molar-refractivity contribution < 1.29 is 27.4 Å². The van der Waals surface area contributed by atoms with E-state index in [-0.39, 0.29) is 12.4 Å². The van der Waals surface area contributed by atoms with E-state index in [1.165, 1.54) is 18.2 Å². The Morgan fingerprint density at radius 2 is 1.84 bits per heavy atom. The molecular formula is C13H13F3O3. The Kier molecular flexibility index (Phi) is 4.97. The summed E-state index contributed by atoms with van der Waals surface area (Å²) < 4.78 is 44.5. The zero-order valence-corrected chi connectivity index (χ0v) is 10.5. The van der Waals surface area contributed by atoms with E-state index >= 15 is 0 Å². The first-order chi connectivity index (χ1) is 8.87. The number of benzene rings is 1. The standard InChI is InChI=1S/C13H13F3O3/c1-3-11(12(17)18-4-2)9-5-7-10(8-6-9)19-13(14,15)16/h3,5-8H,4H2,1-2H3/b11-3+. The Labute approximate surface area is 108 Å². The molecule has 0 amide bonds. The first kappa shape index (κ1) is 15.1. The number of esters is 1. The fraction of sp³-hybridized carbons (Fsp3) is 0.308. The number of alkyl halides is 3. The zero-order chi connectivity index (χ0) is 14.5. The molecule has 0 atom stereocenters. The van der Waals surface area contributed by atoms with E-state index in [2.05, 4.69) is 4.74 Å². The van der Waals surface area contributed by atoms with Crippen molar-refractivity contribution >= 4 is 11.5 Å². The van der Waals surface area contributed by atoms with Crippen molar-refractivity contribution in [3.05, 3.63) is 35.9 Å². The predicted octanol–water partition coefficient (Wildman–Crippen LogP) is 3.55. The van der Waals surface area contributed by atoms with Crippen molar-refractivity contribution in [3.63, 3.8) is 0 Å². The minimum absolute atomic E-state index is 0.228. The minimum Gasteiger partial charge on any atom is -0.462 e. The highest BCUT2D eigenvalue weighted by Gasteiger charge is 2.31. The molecule has 0 fully saturated rings. The van der Waals surface area contributed by atoms with Gasteiger partial charge in [-0.2, -0.15) is 0 Å². The van der Waals surface area contributed by atoms with Crippen LogP contribution < -0.4 is 4.74 Å². The highest BCUT2D eigenvalue weighted by Crippen LogP contribution is 2.25. The molecule has 104 valence electrons. The van der Waals surface area contributed by atoms with Crippen LogP contribution in [0.3, 0.4) is 0 Å². The largest absolute Gasteiger partial charge is 0.573 e. The second kappa shape index (κ2) is 6.26. The topological polar surface area (TPSA) is 35.5 Å². The fourth-order valence-corrected chi connectivity index (χ4v) is 1.45. The summed E-state index contributed by atoms with van der Waals surface area (Å²) in [5.74, 6) is -0.856. The number of halogens is 3. The molecule has 0 aliphatic carbocycles. The van der Waals surface area contributed by atoms with Gasteiger partial charge in [-0.25, -0.2) is 4.79 Å². The molecule has 0 unspecified atom stereocenters. The van der Waals surface area contributed by atoms with Crippen LogP contribution in [0.4, 0.5) is 13.2 Å². The molecule has 3 nitrogen and oxygen atoms in total. The van der Waals surface area contributed by atoms with Gasteiger partial charge in [0.15, 0.2) is 0 Å². The number of ether oxygens (including phenoxy) is 2. The summed E-state index contributed by atoms with van der Waals surface area (Å²) in [6.45, 7) is 3.54. The van der Waals surface area contributed by atoms with Crippen LogP contribution in [0.15, 0.2) is 30.3 Å². The van der Waals surface area contributed by atoms with Gasteiger partial charge in [0.2, 0.25) is 0 Å². The average molecular weight is 274 g/mol. The molecule has 0 N–H and O–H groups in total. The molecule has 0 aliphatic rings. The normalized spacial score (nSPS) is 12.2. The summed E-state index contributed by atoms with van der Waals surface area (Å²) in [5.41, 5.74) is 0.760. The smallest absolute Gasteiger partial charge is 0.462 e. The van der Waals surface area contributed by atoms with Crippen molar-refractivity contribution in [2.75, 3.05) is 6.61 Å². The first-order valence-corrected chi connectivity index (χ1v) is 5.57. The Balaban J connectivity index is 2.88. The predicted molar refractivity (Wildman–Crippen MR) is 63.4 cm³/mol. The van der Waals surface area contributed by atoms with Crippen molar-refractivity contribution in [2.24, 2.45) is 0 Å². The maximum Gasteiger partial charge on any atom is 0.573 e. The maximum atomic E-state index is 12.0. The van der Waals surface area contributed by atoms with E-state index in [0.29, 0.717) is 11.1 Å². The lowest BCUT2D eigenvalue weighted by Gasteiger charge is -2.10. The summed E-state index contributed by atoms with van der Waals surface area (Å²) in [6.07, 6.45) is -3.19. The van der Waals surface area contributed by atoms with Gasteiger partial charge in [0.25, 0.3) is 0 Å². The monoisotopic (exact) mass is 274 g/mol. The van der Waals surface area contributed by atoms with Gasteiger partial charge in [-0.15, -0.1) is 13.2 Å². The Morgan fingerprint density at radius 1 is 1.26 bits per heavy atom. The Hall–Kier alpha value is -1.98. The first-order valence-electron chi connectivity index (χ1n) is 5.57. The molecule has 0 bridgehead atoms. The van der Waals surface area contributed by atoms with E-state index in [1.54, 1.807) is 13.8 Å². The summed E-state index contributed by atoms with van der Waals surface area (Å²) in [5, 5.41) is 0. The van der Waals surface area contributed by atoms with E-state index in [4.69, 9.17) is 4.74 Å². The SMILES string of the molecule is C/C=C(/C(=O)OCC)c1ccc(OC(F)(F)F)cc1. The van der Waals surface area contributed by atoms with Crippen molar-refractivity contribution in [1.82, 2.24) is 0 Å². The quantitative estimate of drug-likeness (QED) is 0.622. The van der Waals surface area contributed by atoms with Gasteiger partial charge >= 0.3 is 12.3 Å². The molecule has 1 aromatic carbocycles. The highest BCUT2D eigenvalue weighted by molar-refractivity contribution is 6.16. The van der Waals surface area contributed by atoms with Gasteiger partial charge in [-0.05, 0) is 31.5 Å². The van der Waals surface area contributed by atoms with Crippen LogP contribution in [-0.4, -0.2) is 18.9 Å². The minimum atomic E-state index is -4.73. The van der Waals surface area contributed by atoms with Crippen LogP contribution >= 0.6 is 0 Å². The van der Waals surface area contributed by atoms with Crippen LogP contribution in [0.2, 0.25) is 0 Å². The van der Waals surface area contributed by atoms with Gasteiger partial charge in [0.05, 0.1) is 12.2 Å². The second-order valence-corrected chi connectivity index (χ2v) is 3.50. The second-order valence-electron chi connectivity index (χ2n) is 3.50. The van der Waals surface area contributed by atoms with E-state index in [0.717, 1.165) is 12.1 Å². The lowest BCUT2D eigenvalue weighted by molar-refractivity contribution is -0.274. The number of carbonyl (C=O) groups excluding carboxylic acids is 1. The van der Waals surface area contributed by atoms with Crippen molar-refractivity contribution in [3.8, 4) is 5.75 Å². The van der Waals surface area contributed by atoms with Crippen molar-refractivity contribution in [1.29, 1.82) is 0 Å². The summed E-state index contributed by atoms with van der Waals surface area (Å²) in [6, 6.07) is 5.03. The number of hydrogen-bond acceptors (Lipinski definition) is 3. The highest BCUT2D eigenvalue weighted by atomic mass is 19.4. The fourth-order valence-electron chi connectivity index (χ4n) is 1.45. The third kappa shape index (κ3) is 4.65. The lowest BCUT2D eigenvalue weighted by atomic mass is 10.1. The average Bonchev–Trinajstić information content (AvgIpc) is 2.30. The molecule has 0 spiro atoms. The molecule has 19 heavy (non-hydrogen) atoms. The van der Waals surface area contributed by atoms with Crippen LogP contribution in [0, 0.1) is 0 Å². The van der Waals surface area contributed by atoms with Crippen LogP contribution in [0.25, 0.3) is 5.57 Å². The zero-order valence-electron chi connectivity index (χ0n) is 10.5. The number of rotatable bonds is 4. The summed E-state index contributed by atoms with van der Waals surface area (Å²) >= 11 is 0. The third-order valence-electron chi connectivity index (χ3n) is 2.18. The molecule has 0 heterocycles. The van der Waals surface area contributed by atoms with Crippen LogP contribution in [0.1, 0.15) is 19.4 Å². The molecule has 1 aromatic rings. The Bertz CT molecular complexity index is 461. The molecule has 0 saturated carbocycles. The van der Waals surface area contributed by atoms with Gasteiger partial charge in [0, 0.05) is 0 Å².